The predicted molar refractivity (Wildman–Crippen MR) is 119 cm³/mol. The van der Waals surface area contributed by atoms with Gasteiger partial charge in [-0.1, -0.05) is 66.2 Å². The zero-order valence-corrected chi connectivity index (χ0v) is 17.0. The van der Waals surface area contributed by atoms with Crippen molar-refractivity contribution in [3.8, 4) is 17.6 Å². The van der Waals surface area contributed by atoms with Gasteiger partial charge < -0.3 is 9.47 Å². The topological polar surface area (TPSA) is 59.3 Å². The van der Waals surface area contributed by atoms with E-state index in [1.165, 1.54) is 13.2 Å². The van der Waals surface area contributed by atoms with Gasteiger partial charge in [-0.2, -0.15) is 5.26 Å². The number of halogens is 1. The Kier molecular flexibility index (Phi) is 7.05. The second-order valence-corrected chi connectivity index (χ2v) is 6.63. The third kappa shape index (κ3) is 5.38. The van der Waals surface area contributed by atoms with Gasteiger partial charge in [-0.05, 0) is 47.0 Å². The molecule has 0 aliphatic carbocycles. The van der Waals surface area contributed by atoms with Gasteiger partial charge >= 0.3 is 5.97 Å². The van der Waals surface area contributed by atoms with E-state index in [1.807, 2.05) is 42.5 Å². The van der Waals surface area contributed by atoms with Crippen molar-refractivity contribution >= 4 is 35.3 Å². The SMILES string of the molecule is COc1cc(/C=C(\C#N)c2ccccc2)ccc1OC(=O)/C=C/c1ccccc1Cl. The highest BCUT2D eigenvalue weighted by Crippen LogP contribution is 2.30. The smallest absolute Gasteiger partial charge is 0.336 e. The van der Waals surface area contributed by atoms with Gasteiger partial charge in [0.1, 0.15) is 0 Å². The second kappa shape index (κ2) is 10.1. The lowest BCUT2D eigenvalue weighted by Gasteiger charge is -2.09. The summed E-state index contributed by atoms with van der Waals surface area (Å²) in [6.07, 6.45) is 4.64. The summed E-state index contributed by atoms with van der Waals surface area (Å²) in [6, 6.07) is 23.9. The summed E-state index contributed by atoms with van der Waals surface area (Å²) < 4.78 is 10.7. The van der Waals surface area contributed by atoms with Gasteiger partial charge in [0.25, 0.3) is 0 Å². The molecule has 0 N–H and O–H groups in total. The summed E-state index contributed by atoms with van der Waals surface area (Å²) in [4.78, 5) is 12.2. The highest BCUT2D eigenvalue weighted by Gasteiger charge is 2.10. The Morgan fingerprint density at radius 1 is 1.00 bits per heavy atom. The average molecular weight is 416 g/mol. The highest BCUT2D eigenvalue weighted by atomic mass is 35.5. The molecule has 3 rings (SSSR count). The van der Waals surface area contributed by atoms with E-state index >= 15 is 0 Å². The van der Waals surface area contributed by atoms with E-state index in [1.54, 1.807) is 42.5 Å². The Hall–Kier alpha value is -3.81. The molecule has 3 aromatic carbocycles. The molecule has 0 saturated heterocycles. The van der Waals surface area contributed by atoms with Crippen LogP contribution < -0.4 is 9.47 Å². The summed E-state index contributed by atoms with van der Waals surface area (Å²) in [5.74, 6) is 0.105. The zero-order chi connectivity index (χ0) is 21.3. The van der Waals surface area contributed by atoms with Crippen molar-refractivity contribution in [1.82, 2.24) is 0 Å². The Morgan fingerprint density at radius 2 is 1.73 bits per heavy atom. The monoisotopic (exact) mass is 415 g/mol. The molecule has 0 spiro atoms. The van der Waals surface area contributed by atoms with Crippen LogP contribution in [0.3, 0.4) is 0 Å². The maximum absolute atomic E-state index is 12.2. The fourth-order valence-electron chi connectivity index (χ4n) is 2.73. The Bertz CT molecular complexity index is 1140. The van der Waals surface area contributed by atoms with E-state index in [0.29, 0.717) is 21.9 Å². The fourth-order valence-corrected chi connectivity index (χ4v) is 2.93. The molecule has 4 nitrogen and oxygen atoms in total. The van der Waals surface area contributed by atoms with E-state index in [0.717, 1.165) is 11.1 Å². The average Bonchev–Trinajstić information content (AvgIpc) is 2.78. The Labute approximate surface area is 180 Å². The summed E-state index contributed by atoms with van der Waals surface area (Å²) >= 11 is 6.08. The number of nitrogens with zero attached hydrogens (tertiary/aromatic N) is 1. The molecule has 0 unspecified atom stereocenters. The molecule has 0 aliphatic rings. The number of nitriles is 1. The molecule has 0 heterocycles. The van der Waals surface area contributed by atoms with E-state index in [9.17, 15) is 10.1 Å². The second-order valence-electron chi connectivity index (χ2n) is 6.22. The highest BCUT2D eigenvalue weighted by molar-refractivity contribution is 6.32. The van der Waals surface area contributed by atoms with Gasteiger partial charge in [0.15, 0.2) is 11.5 Å². The van der Waals surface area contributed by atoms with Gasteiger partial charge in [0.2, 0.25) is 0 Å². The molecule has 3 aromatic rings. The number of ether oxygens (including phenoxy) is 2. The van der Waals surface area contributed by atoms with Crippen LogP contribution in [0.5, 0.6) is 11.5 Å². The van der Waals surface area contributed by atoms with Crippen molar-refractivity contribution in [3.05, 3.63) is 101 Å². The molecule has 5 heteroatoms. The van der Waals surface area contributed by atoms with Gasteiger partial charge in [-0.3, -0.25) is 0 Å². The lowest BCUT2D eigenvalue weighted by Crippen LogP contribution is -2.05. The first kappa shape index (κ1) is 20.9. The molecule has 0 amide bonds. The molecule has 30 heavy (non-hydrogen) atoms. The van der Waals surface area contributed by atoms with Crippen molar-refractivity contribution in [2.24, 2.45) is 0 Å². The third-order valence-electron chi connectivity index (χ3n) is 4.22. The van der Waals surface area contributed by atoms with Crippen molar-refractivity contribution in [1.29, 1.82) is 5.26 Å². The molecule has 0 saturated carbocycles. The normalized spacial score (nSPS) is 11.2. The van der Waals surface area contributed by atoms with Crippen LogP contribution in [-0.2, 0) is 4.79 Å². The Morgan fingerprint density at radius 3 is 2.43 bits per heavy atom. The molecule has 0 radical (unpaired) electrons. The maximum Gasteiger partial charge on any atom is 0.336 e. The van der Waals surface area contributed by atoms with Gasteiger partial charge in [-0.25, -0.2) is 4.79 Å². The van der Waals surface area contributed by atoms with Crippen molar-refractivity contribution in [2.45, 2.75) is 0 Å². The largest absolute Gasteiger partial charge is 0.493 e. The molecule has 0 aliphatic heterocycles. The zero-order valence-electron chi connectivity index (χ0n) is 16.2. The van der Waals surface area contributed by atoms with Crippen LogP contribution in [-0.4, -0.2) is 13.1 Å². The van der Waals surface area contributed by atoms with E-state index < -0.39 is 5.97 Å². The third-order valence-corrected chi connectivity index (χ3v) is 4.56. The predicted octanol–water partition coefficient (Wildman–Crippen LogP) is 6.03. The molecule has 0 bridgehead atoms. The summed E-state index contributed by atoms with van der Waals surface area (Å²) in [7, 11) is 1.49. The molecule has 0 atom stereocenters. The number of carbonyl (C=O) groups is 1. The number of allylic oxidation sites excluding steroid dienone is 1. The van der Waals surface area contributed by atoms with E-state index in [2.05, 4.69) is 6.07 Å². The van der Waals surface area contributed by atoms with Crippen molar-refractivity contribution < 1.29 is 14.3 Å². The van der Waals surface area contributed by atoms with Gasteiger partial charge in [0, 0.05) is 11.1 Å². The van der Waals surface area contributed by atoms with Gasteiger partial charge in [0.05, 0.1) is 18.8 Å². The fraction of sp³-hybridized carbons (Fsp3) is 0.0400. The minimum Gasteiger partial charge on any atom is -0.493 e. The summed E-state index contributed by atoms with van der Waals surface area (Å²) in [5, 5.41) is 10.0. The molecule has 0 aromatic heterocycles. The number of hydrogen-bond acceptors (Lipinski definition) is 4. The number of hydrogen-bond donors (Lipinski definition) is 0. The quantitative estimate of drug-likeness (QED) is 0.162. The first-order chi connectivity index (χ1) is 14.6. The molecule has 148 valence electrons. The van der Waals surface area contributed by atoms with Crippen LogP contribution in [0.2, 0.25) is 5.02 Å². The van der Waals surface area contributed by atoms with E-state index in [-0.39, 0.29) is 5.75 Å². The molecular formula is C25H18ClNO3. The standard InChI is InChI=1S/C25H18ClNO3/c1-29-24-16-18(15-21(17-27)19-7-3-2-4-8-19)11-13-23(24)30-25(28)14-12-20-9-5-6-10-22(20)26/h2-16H,1H3/b14-12+,21-15+. The minimum atomic E-state index is -0.557. The van der Waals surface area contributed by atoms with Crippen molar-refractivity contribution in [3.63, 3.8) is 0 Å². The lowest BCUT2D eigenvalue weighted by molar-refractivity contribution is -0.129. The van der Waals surface area contributed by atoms with Gasteiger partial charge in [-0.15, -0.1) is 0 Å². The van der Waals surface area contributed by atoms with Crippen LogP contribution in [0.25, 0.3) is 17.7 Å². The van der Waals surface area contributed by atoms with Crippen LogP contribution in [0, 0.1) is 11.3 Å². The summed E-state index contributed by atoms with van der Waals surface area (Å²) in [5.41, 5.74) is 2.80. The first-order valence-corrected chi connectivity index (χ1v) is 9.48. The number of rotatable bonds is 6. The number of methoxy groups -OCH3 is 1. The van der Waals surface area contributed by atoms with Crippen LogP contribution in [0.1, 0.15) is 16.7 Å². The van der Waals surface area contributed by atoms with Crippen LogP contribution in [0.15, 0.2) is 78.9 Å². The van der Waals surface area contributed by atoms with Crippen molar-refractivity contribution in [2.75, 3.05) is 7.11 Å². The lowest BCUT2D eigenvalue weighted by atomic mass is 10.0. The number of carbonyl (C=O) groups excluding carboxylic acids is 1. The minimum absolute atomic E-state index is 0.279. The van der Waals surface area contributed by atoms with Crippen LogP contribution >= 0.6 is 11.6 Å². The maximum atomic E-state index is 12.2. The first-order valence-electron chi connectivity index (χ1n) is 9.10. The van der Waals surface area contributed by atoms with E-state index in [4.69, 9.17) is 21.1 Å². The molecular weight excluding hydrogens is 398 g/mol. The summed E-state index contributed by atoms with van der Waals surface area (Å²) in [6.45, 7) is 0. The number of benzene rings is 3. The Balaban J connectivity index is 1.79. The molecule has 0 fully saturated rings. The number of esters is 1. The van der Waals surface area contributed by atoms with Crippen LogP contribution in [0.4, 0.5) is 0 Å².